The largest absolute Gasteiger partial charge is 0.469 e. The van der Waals surface area contributed by atoms with Crippen LogP contribution in [-0.4, -0.2) is 13.1 Å². The number of esters is 1. The van der Waals surface area contributed by atoms with Crippen molar-refractivity contribution in [1.29, 1.82) is 0 Å². The van der Waals surface area contributed by atoms with Gasteiger partial charge in [-0.1, -0.05) is 44.2 Å². The van der Waals surface area contributed by atoms with Gasteiger partial charge in [0.2, 0.25) is 0 Å². The Balaban J connectivity index is 2.92. The van der Waals surface area contributed by atoms with Gasteiger partial charge in [0, 0.05) is 6.04 Å². The summed E-state index contributed by atoms with van der Waals surface area (Å²) in [5.41, 5.74) is 7.08. The van der Waals surface area contributed by atoms with Crippen molar-refractivity contribution in [3.05, 3.63) is 35.9 Å². The summed E-state index contributed by atoms with van der Waals surface area (Å²) < 4.78 is 4.80. The lowest BCUT2D eigenvalue weighted by Crippen LogP contribution is -2.33. The van der Waals surface area contributed by atoms with Gasteiger partial charge in [-0.2, -0.15) is 0 Å². The zero-order chi connectivity index (χ0) is 12.1. The molecule has 2 atom stereocenters. The first-order chi connectivity index (χ1) is 7.57. The Morgan fingerprint density at radius 2 is 1.81 bits per heavy atom. The molecule has 16 heavy (non-hydrogen) atoms. The van der Waals surface area contributed by atoms with Crippen LogP contribution in [-0.2, 0) is 9.53 Å². The fourth-order valence-corrected chi connectivity index (χ4v) is 1.85. The summed E-state index contributed by atoms with van der Waals surface area (Å²) in [5, 5.41) is 0. The molecule has 0 aliphatic carbocycles. The van der Waals surface area contributed by atoms with E-state index >= 15 is 0 Å². The number of hydrogen-bond acceptors (Lipinski definition) is 3. The van der Waals surface area contributed by atoms with Crippen molar-refractivity contribution in [2.45, 2.75) is 19.9 Å². The smallest absolute Gasteiger partial charge is 0.310 e. The molecular weight excluding hydrogens is 202 g/mol. The second kappa shape index (κ2) is 5.66. The molecule has 0 fully saturated rings. The molecule has 0 saturated heterocycles. The van der Waals surface area contributed by atoms with Crippen molar-refractivity contribution in [2.24, 2.45) is 17.6 Å². The molecule has 1 aromatic rings. The molecule has 0 bridgehead atoms. The van der Waals surface area contributed by atoms with E-state index in [0.29, 0.717) is 0 Å². The van der Waals surface area contributed by atoms with Crippen molar-refractivity contribution >= 4 is 5.97 Å². The van der Waals surface area contributed by atoms with Gasteiger partial charge < -0.3 is 10.5 Å². The van der Waals surface area contributed by atoms with Gasteiger partial charge >= 0.3 is 5.97 Å². The van der Waals surface area contributed by atoms with E-state index in [9.17, 15) is 4.79 Å². The quantitative estimate of drug-likeness (QED) is 0.792. The van der Waals surface area contributed by atoms with Crippen LogP contribution in [0, 0.1) is 11.8 Å². The second-order valence-corrected chi connectivity index (χ2v) is 4.23. The van der Waals surface area contributed by atoms with Crippen LogP contribution in [0.25, 0.3) is 0 Å². The van der Waals surface area contributed by atoms with Crippen molar-refractivity contribution < 1.29 is 9.53 Å². The predicted octanol–water partition coefficient (Wildman–Crippen LogP) is 2.13. The van der Waals surface area contributed by atoms with Crippen LogP contribution < -0.4 is 5.73 Å². The number of benzene rings is 1. The SMILES string of the molecule is COC(=O)C(C(C)C)C(N)c1ccccc1. The van der Waals surface area contributed by atoms with Gasteiger partial charge in [0.15, 0.2) is 0 Å². The monoisotopic (exact) mass is 221 g/mol. The van der Waals surface area contributed by atoms with Crippen molar-refractivity contribution in [3.8, 4) is 0 Å². The van der Waals surface area contributed by atoms with E-state index in [2.05, 4.69) is 0 Å². The summed E-state index contributed by atoms with van der Waals surface area (Å²) in [6, 6.07) is 9.33. The van der Waals surface area contributed by atoms with Crippen LogP contribution in [0.2, 0.25) is 0 Å². The number of rotatable bonds is 4. The first-order valence-corrected chi connectivity index (χ1v) is 5.46. The maximum atomic E-state index is 11.7. The minimum Gasteiger partial charge on any atom is -0.469 e. The average Bonchev–Trinajstić information content (AvgIpc) is 2.29. The highest BCUT2D eigenvalue weighted by atomic mass is 16.5. The van der Waals surface area contributed by atoms with Crippen molar-refractivity contribution in [3.63, 3.8) is 0 Å². The maximum absolute atomic E-state index is 11.7. The Labute approximate surface area is 96.6 Å². The molecule has 88 valence electrons. The van der Waals surface area contributed by atoms with Crippen LogP contribution in [0.5, 0.6) is 0 Å². The fourth-order valence-electron chi connectivity index (χ4n) is 1.85. The number of methoxy groups -OCH3 is 1. The van der Waals surface area contributed by atoms with Gasteiger partial charge in [-0.25, -0.2) is 0 Å². The first-order valence-electron chi connectivity index (χ1n) is 5.46. The van der Waals surface area contributed by atoms with E-state index < -0.39 is 0 Å². The summed E-state index contributed by atoms with van der Waals surface area (Å²) in [4.78, 5) is 11.7. The molecule has 1 rings (SSSR count). The summed E-state index contributed by atoms with van der Waals surface area (Å²) in [7, 11) is 1.40. The molecule has 0 aromatic heterocycles. The average molecular weight is 221 g/mol. The van der Waals surface area contributed by atoms with Crippen LogP contribution in [0.1, 0.15) is 25.5 Å². The molecule has 3 nitrogen and oxygen atoms in total. The predicted molar refractivity (Wildman–Crippen MR) is 63.7 cm³/mol. The molecule has 2 N–H and O–H groups in total. The van der Waals surface area contributed by atoms with Crippen LogP contribution >= 0.6 is 0 Å². The van der Waals surface area contributed by atoms with E-state index in [0.717, 1.165) is 5.56 Å². The third kappa shape index (κ3) is 2.83. The molecular formula is C13H19NO2. The molecule has 3 heteroatoms. The van der Waals surface area contributed by atoms with Crippen LogP contribution in [0.4, 0.5) is 0 Å². The van der Waals surface area contributed by atoms with Gasteiger partial charge in [0.25, 0.3) is 0 Å². The van der Waals surface area contributed by atoms with Crippen molar-refractivity contribution in [2.75, 3.05) is 7.11 Å². The standard InChI is InChI=1S/C13H19NO2/c1-9(2)11(13(15)16-3)12(14)10-7-5-4-6-8-10/h4-9,11-12H,14H2,1-3H3. The number of carbonyl (C=O) groups excluding carboxylic acids is 1. The van der Waals surface area contributed by atoms with E-state index in [1.807, 2.05) is 44.2 Å². The first kappa shape index (κ1) is 12.7. The van der Waals surface area contributed by atoms with Crippen molar-refractivity contribution in [1.82, 2.24) is 0 Å². The van der Waals surface area contributed by atoms with Crippen LogP contribution in [0.3, 0.4) is 0 Å². The Bertz CT molecular complexity index is 335. The lowest BCUT2D eigenvalue weighted by Gasteiger charge is -2.25. The third-order valence-electron chi connectivity index (χ3n) is 2.76. The third-order valence-corrected chi connectivity index (χ3v) is 2.76. The Morgan fingerprint density at radius 3 is 2.25 bits per heavy atom. The number of carbonyl (C=O) groups is 1. The highest BCUT2D eigenvalue weighted by Gasteiger charge is 2.30. The second-order valence-electron chi connectivity index (χ2n) is 4.23. The molecule has 0 saturated carbocycles. The Hall–Kier alpha value is -1.35. The Morgan fingerprint density at radius 1 is 1.25 bits per heavy atom. The highest BCUT2D eigenvalue weighted by Crippen LogP contribution is 2.26. The summed E-state index contributed by atoms with van der Waals surface area (Å²) >= 11 is 0. The number of nitrogens with two attached hydrogens (primary N) is 1. The lowest BCUT2D eigenvalue weighted by molar-refractivity contribution is -0.147. The summed E-state index contributed by atoms with van der Waals surface area (Å²) in [6.07, 6.45) is 0. The van der Waals surface area contributed by atoms with Crippen LogP contribution in [0.15, 0.2) is 30.3 Å². The number of ether oxygens (including phenoxy) is 1. The maximum Gasteiger partial charge on any atom is 0.310 e. The fraction of sp³-hybridized carbons (Fsp3) is 0.462. The molecule has 0 amide bonds. The molecule has 0 spiro atoms. The molecule has 2 unspecified atom stereocenters. The van der Waals surface area contributed by atoms with E-state index in [1.54, 1.807) is 0 Å². The minimum atomic E-state index is -0.311. The highest BCUT2D eigenvalue weighted by molar-refractivity contribution is 5.73. The molecule has 0 aliphatic rings. The topological polar surface area (TPSA) is 52.3 Å². The molecule has 1 aromatic carbocycles. The van der Waals surface area contributed by atoms with Gasteiger partial charge in [0.05, 0.1) is 13.0 Å². The summed E-state index contributed by atoms with van der Waals surface area (Å²) in [5.74, 6) is -0.388. The van der Waals surface area contributed by atoms with Gasteiger partial charge in [-0.15, -0.1) is 0 Å². The summed E-state index contributed by atoms with van der Waals surface area (Å²) in [6.45, 7) is 3.95. The normalized spacial score (nSPS) is 14.6. The van der Waals surface area contributed by atoms with E-state index in [4.69, 9.17) is 10.5 Å². The van der Waals surface area contributed by atoms with E-state index in [-0.39, 0.29) is 23.8 Å². The number of hydrogen-bond donors (Lipinski definition) is 1. The zero-order valence-corrected chi connectivity index (χ0v) is 10.0. The van der Waals surface area contributed by atoms with Gasteiger partial charge in [-0.05, 0) is 11.5 Å². The molecule has 0 heterocycles. The minimum absolute atomic E-state index is 0.155. The molecule has 0 radical (unpaired) electrons. The lowest BCUT2D eigenvalue weighted by atomic mass is 9.85. The molecule has 0 aliphatic heterocycles. The Kier molecular flexibility index (Phi) is 4.50. The van der Waals surface area contributed by atoms with E-state index in [1.165, 1.54) is 7.11 Å². The van der Waals surface area contributed by atoms with Gasteiger partial charge in [-0.3, -0.25) is 4.79 Å². The van der Waals surface area contributed by atoms with Gasteiger partial charge in [0.1, 0.15) is 0 Å². The zero-order valence-electron chi connectivity index (χ0n) is 10.0.